The Morgan fingerprint density at radius 1 is 1.42 bits per heavy atom. The Hall–Kier alpha value is -2.15. The van der Waals surface area contributed by atoms with Crippen molar-refractivity contribution in [2.75, 3.05) is 0 Å². The molecule has 2 aromatic rings. The van der Waals surface area contributed by atoms with E-state index < -0.39 is 0 Å². The minimum absolute atomic E-state index is 0.361. The lowest BCUT2D eigenvalue weighted by atomic mass is 9.95. The van der Waals surface area contributed by atoms with Gasteiger partial charge in [-0.05, 0) is 42.9 Å². The third-order valence-corrected chi connectivity index (χ3v) is 3.64. The molecule has 1 saturated carbocycles. The lowest BCUT2D eigenvalue weighted by molar-refractivity contribution is 0.626. The summed E-state index contributed by atoms with van der Waals surface area (Å²) in [5.41, 5.74) is 2.42. The molecular weight excluding hydrogens is 241 g/mol. The number of hydrogen-bond donors (Lipinski definition) is 0. The highest BCUT2D eigenvalue weighted by atomic mass is 19.1. The second-order valence-electron chi connectivity index (χ2n) is 5.06. The molecule has 1 aromatic heterocycles. The summed E-state index contributed by atoms with van der Waals surface area (Å²) in [6.07, 6.45) is 4.91. The molecule has 3 rings (SSSR count). The van der Waals surface area contributed by atoms with Crippen LogP contribution in [-0.4, -0.2) is 9.78 Å². The number of hydrogen-bond acceptors (Lipinski definition) is 2. The monoisotopic (exact) mass is 255 g/mol. The second kappa shape index (κ2) is 4.51. The number of halogens is 1. The lowest BCUT2D eigenvalue weighted by Crippen LogP contribution is -2.02. The Morgan fingerprint density at radius 3 is 2.79 bits per heavy atom. The van der Waals surface area contributed by atoms with Gasteiger partial charge in [0.1, 0.15) is 11.9 Å². The van der Waals surface area contributed by atoms with Crippen molar-refractivity contribution in [1.29, 1.82) is 5.26 Å². The third kappa shape index (κ3) is 2.12. The zero-order valence-corrected chi connectivity index (χ0v) is 10.7. The van der Waals surface area contributed by atoms with E-state index in [1.54, 1.807) is 30.1 Å². The third-order valence-electron chi connectivity index (χ3n) is 3.64. The normalized spacial score (nSPS) is 14.4. The molecule has 0 spiro atoms. The molecule has 0 radical (unpaired) electrons. The van der Waals surface area contributed by atoms with Crippen LogP contribution in [0.2, 0.25) is 0 Å². The second-order valence-corrected chi connectivity index (χ2v) is 5.06. The van der Waals surface area contributed by atoms with Crippen molar-refractivity contribution in [2.24, 2.45) is 13.0 Å². The fraction of sp³-hybridized carbons (Fsp3) is 0.333. The van der Waals surface area contributed by atoms with E-state index in [2.05, 4.69) is 11.2 Å². The van der Waals surface area contributed by atoms with E-state index in [4.69, 9.17) is 0 Å². The Balaban J connectivity index is 2.16. The fourth-order valence-corrected chi connectivity index (χ4v) is 2.42. The van der Waals surface area contributed by atoms with Gasteiger partial charge in [-0.1, -0.05) is 6.07 Å². The van der Waals surface area contributed by atoms with Crippen molar-refractivity contribution in [2.45, 2.75) is 19.3 Å². The predicted octanol–water partition coefficient (Wildman–Crippen LogP) is 3.05. The van der Waals surface area contributed by atoms with E-state index >= 15 is 0 Å². The van der Waals surface area contributed by atoms with E-state index in [0.717, 1.165) is 12.0 Å². The van der Waals surface area contributed by atoms with Crippen LogP contribution >= 0.6 is 0 Å². The topological polar surface area (TPSA) is 41.6 Å². The fourth-order valence-electron chi connectivity index (χ4n) is 2.42. The van der Waals surface area contributed by atoms with Gasteiger partial charge in [0.25, 0.3) is 0 Å². The van der Waals surface area contributed by atoms with Gasteiger partial charge in [-0.25, -0.2) is 4.39 Å². The van der Waals surface area contributed by atoms with Gasteiger partial charge in [0, 0.05) is 13.2 Å². The summed E-state index contributed by atoms with van der Waals surface area (Å²) in [6.45, 7) is 0. The summed E-state index contributed by atoms with van der Waals surface area (Å²) in [6, 6.07) is 7.11. The molecule has 0 bridgehead atoms. The number of nitrogens with zero attached hydrogens (tertiary/aromatic N) is 3. The van der Waals surface area contributed by atoms with Crippen molar-refractivity contribution >= 4 is 0 Å². The molecule has 19 heavy (non-hydrogen) atoms. The number of rotatable bonds is 3. The Bertz CT molecular complexity index is 663. The first-order valence-corrected chi connectivity index (χ1v) is 6.40. The van der Waals surface area contributed by atoms with Gasteiger partial charge < -0.3 is 0 Å². The predicted molar refractivity (Wildman–Crippen MR) is 69.7 cm³/mol. The molecule has 0 aliphatic heterocycles. The molecule has 4 heteroatoms. The van der Waals surface area contributed by atoms with Crippen LogP contribution < -0.4 is 0 Å². The molecule has 1 aliphatic carbocycles. The highest BCUT2D eigenvalue weighted by molar-refractivity contribution is 5.70. The quantitative estimate of drug-likeness (QED) is 0.845. The smallest absolute Gasteiger partial charge is 0.133 e. The van der Waals surface area contributed by atoms with Crippen LogP contribution in [0.4, 0.5) is 4.39 Å². The maximum absolute atomic E-state index is 14.1. The number of benzene rings is 1. The van der Waals surface area contributed by atoms with Crippen LogP contribution in [0.5, 0.6) is 0 Å². The molecule has 96 valence electrons. The van der Waals surface area contributed by atoms with Crippen LogP contribution in [0.3, 0.4) is 0 Å². The summed E-state index contributed by atoms with van der Waals surface area (Å²) >= 11 is 0. The minimum Gasteiger partial charge on any atom is -0.268 e. The molecular formula is C15H14FN3. The first-order valence-electron chi connectivity index (χ1n) is 6.40. The molecule has 1 aromatic carbocycles. The molecule has 1 heterocycles. The first kappa shape index (κ1) is 11.9. The van der Waals surface area contributed by atoms with Gasteiger partial charge in [0.15, 0.2) is 0 Å². The van der Waals surface area contributed by atoms with Gasteiger partial charge in [-0.15, -0.1) is 0 Å². The van der Waals surface area contributed by atoms with Gasteiger partial charge in [0.2, 0.25) is 0 Å². The van der Waals surface area contributed by atoms with Crippen LogP contribution in [0.15, 0.2) is 24.4 Å². The van der Waals surface area contributed by atoms with Crippen LogP contribution in [0.25, 0.3) is 11.3 Å². The summed E-state index contributed by atoms with van der Waals surface area (Å²) in [5.74, 6) is 0.302. The van der Waals surface area contributed by atoms with E-state index in [1.807, 2.05) is 0 Å². The summed E-state index contributed by atoms with van der Waals surface area (Å²) in [7, 11) is 1.75. The molecule has 0 saturated heterocycles. The molecule has 0 unspecified atom stereocenters. The van der Waals surface area contributed by atoms with Crippen LogP contribution in [0, 0.1) is 23.1 Å². The van der Waals surface area contributed by atoms with Gasteiger partial charge in [-0.2, -0.15) is 10.4 Å². The molecule has 3 nitrogen and oxygen atoms in total. The zero-order chi connectivity index (χ0) is 13.4. The SMILES string of the molecule is Cn1nccc1-c1c(F)ccc(CC2CC2)c1C#N. The standard InChI is InChI=1S/C15H14FN3/c1-19-14(6-7-18-19)15-12(9-17)11(4-5-13(15)16)8-10-2-3-10/h4-7,10H,2-3,8H2,1H3. The molecule has 1 aliphatic rings. The number of aromatic nitrogens is 2. The zero-order valence-electron chi connectivity index (χ0n) is 10.7. The van der Waals surface area contributed by atoms with E-state index in [0.29, 0.717) is 22.7 Å². The highest BCUT2D eigenvalue weighted by Gasteiger charge is 2.25. The van der Waals surface area contributed by atoms with Gasteiger partial charge >= 0.3 is 0 Å². The lowest BCUT2D eigenvalue weighted by Gasteiger charge is -2.10. The van der Waals surface area contributed by atoms with Crippen LogP contribution in [0.1, 0.15) is 24.0 Å². The number of aryl methyl sites for hydroxylation is 1. The Morgan fingerprint density at radius 2 is 2.21 bits per heavy atom. The largest absolute Gasteiger partial charge is 0.268 e. The maximum atomic E-state index is 14.1. The summed E-state index contributed by atoms with van der Waals surface area (Å²) < 4.78 is 15.7. The average Bonchev–Trinajstić information content (AvgIpc) is 3.12. The van der Waals surface area contributed by atoms with Crippen molar-refractivity contribution in [1.82, 2.24) is 9.78 Å². The van der Waals surface area contributed by atoms with Crippen molar-refractivity contribution in [3.8, 4) is 17.3 Å². The van der Waals surface area contributed by atoms with Gasteiger partial charge in [-0.3, -0.25) is 4.68 Å². The van der Waals surface area contributed by atoms with E-state index in [9.17, 15) is 9.65 Å². The minimum atomic E-state index is -0.361. The summed E-state index contributed by atoms with van der Waals surface area (Å²) in [5, 5.41) is 13.5. The number of nitriles is 1. The van der Waals surface area contributed by atoms with Crippen molar-refractivity contribution in [3.05, 3.63) is 41.3 Å². The highest BCUT2D eigenvalue weighted by Crippen LogP contribution is 2.36. The Labute approximate surface area is 111 Å². The molecule has 1 fully saturated rings. The Kier molecular flexibility index (Phi) is 2.83. The molecule has 0 amide bonds. The van der Waals surface area contributed by atoms with Crippen LogP contribution in [-0.2, 0) is 13.5 Å². The van der Waals surface area contributed by atoms with E-state index in [1.165, 1.54) is 18.9 Å². The summed E-state index contributed by atoms with van der Waals surface area (Å²) in [4.78, 5) is 0. The molecule has 0 atom stereocenters. The van der Waals surface area contributed by atoms with Crippen molar-refractivity contribution in [3.63, 3.8) is 0 Å². The molecule has 0 N–H and O–H groups in total. The average molecular weight is 255 g/mol. The first-order chi connectivity index (χ1) is 9.20. The van der Waals surface area contributed by atoms with E-state index in [-0.39, 0.29) is 5.82 Å². The van der Waals surface area contributed by atoms with Crippen molar-refractivity contribution < 1.29 is 4.39 Å². The maximum Gasteiger partial charge on any atom is 0.133 e. The van der Waals surface area contributed by atoms with Gasteiger partial charge in [0.05, 0.1) is 16.8 Å².